The van der Waals surface area contributed by atoms with Gasteiger partial charge in [0.05, 0.1) is 0 Å². The smallest absolute Gasteiger partial charge is 0.119 e. The third-order valence-electron chi connectivity index (χ3n) is 5.27. The molecular formula is C22H38O2. The Labute approximate surface area is 149 Å². The van der Waals surface area contributed by atoms with E-state index in [1.807, 2.05) is 0 Å². The summed E-state index contributed by atoms with van der Waals surface area (Å²) in [5.41, 5.74) is 1.41. The van der Waals surface area contributed by atoms with Crippen LogP contribution in [0.3, 0.4) is 0 Å². The summed E-state index contributed by atoms with van der Waals surface area (Å²) >= 11 is 0. The Morgan fingerprint density at radius 1 is 0.708 bits per heavy atom. The fourth-order valence-electron chi connectivity index (χ4n) is 3.23. The van der Waals surface area contributed by atoms with Crippen LogP contribution in [-0.2, 0) is 10.8 Å². The molecule has 0 aliphatic heterocycles. The highest BCUT2D eigenvalue weighted by Crippen LogP contribution is 2.43. The zero-order valence-corrected chi connectivity index (χ0v) is 17.0. The first-order valence-corrected chi connectivity index (χ1v) is 9.43. The average Bonchev–Trinajstić information content (AvgIpc) is 2.45. The minimum absolute atomic E-state index is 0.146. The maximum absolute atomic E-state index is 10.6. The van der Waals surface area contributed by atoms with Crippen LogP contribution in [0.1, 0.15) is 92.2 Å². The van der Waals surface area contributed by atoms with Gasteiger partial charge in [-0.2, -0.15) is 0 Å². The number of phenolic OH excluding ortho intramolecular Hbond substituents is 2. The van der Waals surface area contributed by atoms with Crippen molar-refractivity contribution in [2.24, 2.45) is 11.8 Å². The van der Waals surface area contributed by atoms with Gasteiger partial charge >= 0.3 is 0 Å². The summed E-state index contributed by atoms with van der Waals surface area (Å²) in [6.07, 6.45) is 4.20. The SMILES string of the molecule is CC(C)CCC(C)(C)c1cc(O)c(C(C)(C)CCC(C)C)cc1O. The molecule has 0 atom stereocenters. The lowest BCUT2D eigenvalue weighted by Gasteiger charge is -2.31. The van der Waals surface area contributed by atoms with Gasteiger partial charge in [0.1, 0.15) is 11.5 Å². The molecule has 0 aromatic heterocycles. The average molecular weight is 335 g/mol. The van der Waals surface area contributed by atoms with E-state index in [0.29, 0.717) is 23.3 Å². The Morgan fingerprint density at radius 2 is 1.00 bits per heavy atom. The van der Waals surface area contributed by atoms with Crippen LogP contribution in [0.2, 0.25) is 0 Å². The molecule has 0 amide bonds. The van der Waals surface area contributed by atoms with E-state index in [1.165, 1.54) is 0 Å². The van der Waals surface area contributed by atoms with Crippen LogP contribution < -0.4 is 0 Å². The van der Waals surface area contributed by atoms with Crippen molar-refractivity contribution in [2.75, 3.05) is 0 Å². The van der Waals surface area contributed by atoms with Crippen molar-refractivity contribution in [1.29, 1.82) is 0 Å². The summed E-state index contributed by atoms with van der Waals surface area (Å²) in [4.78, 5) is 0. The highest BCUT2D eigenvalue weighted by molar-refractivity contribution is 5.50. The number of benzene rings is 1. The summed E-state index contributed by atoms with van der Waals surface area (Å²) in [5.74, 6) is 1.90. The number of aromatic hydroxyl groups is 2. The number of phenols is 2. The first kappa shape index (κ1) is 20.9. The van der Waals surface area contributed by atoms with E-state index in [2.05, 4.69) is 55.4 Å². The van der Waals surface area contributed by atoms with Crippen molar-refractivity contribution < 1.29 is 10.2 Å². The predicted octanol–water partition coefficient (Wildman–Crippen LogP) is 6.53. The summed E-state index contributed by atoms with van der Waals surface area (Å²) < 4.78 is 0. The Balaban J connectivity index is 3.13. The maximum Gasteiger partial charge on any atom is 0.119 e. The third-order valence-corrected chi connectivity index (χ3v) is 5.27. The highest BCUT2D eigenvalue weighted by atomic mass is 16.3. The molecule has 0 fully saturated rings. The van der Waals surface area contributed by atoms with Gasteiger partial charge in [-0.15, -0.1) is 0 Å². The lowest BCUT2D eigenvalue weighted by Crippen LogP contribution is -2.21. The lowest BCUT2D eigenvalue weighted by molar-refractivity contribution is 0.368. The van der Waals surface area contributed by atoms with Crippen LogP contribution in [0.15, 0.2) is 12.1 Å². The molecule has 24 heavy (non-hydrogen) atoms. The molecule has 2 heteroatoms. The standard InChI is InChI=1S/C22H38O2/c1-15(2)9-11-21(5,6)17-13-20(24)18(14-19(17)23)22(7,8)12-10-16(3)4/h13-16,23-24H,9-12H2,1-8H3. The van der Waals surface area contributed by atoms with Crippen molar-refractivity contribution in [1.82, 2.24) is 0 Å². The van der Waals surface area contributed by atoms with E-state index >= 15 is 0 Å². The second-order valence-electron chi connectivity index (χ2n) is 9.52. The molecule has 0 bridgehead atoms. The number of hydrogen-bond acceptors (Lipinski definition) is 2. The van der Waals surface area contributed by atoms with Gasteiger partial charge < -0.3 is 10.2 Å². The first-order valence-electron chi connectivity index (χ1n) is 9.43. The molecule has 0 unspecified atom stereocenters. The molecule has 0 spiro atoms. The van der Waals surface area contributed by atoms with Gasteiger partial charge in [-0.05, 0) is 47.6 Å². The monoisotopic (exact) mass is 334 g/mol. The molecule has 1 aromatic carbocycles. The molecule has 0 aliphatic rings. The maximum atomic E-state index is 10.6. The largest absolute Gasteiger partial charge is 0.508 e. The van der Waals surface area contributed by atoms with Crippen LogP contribution in [0.5, 0.6) is 11.5 Å². The Bertz CT molecular complexity index is 489. The van der Waals surface area contributed by atoms with Crippen molar-refractivity contribution in [2.45, 2.75) is 91.9 Å². The molecule has 1 rings (SSSR count). The molecule has 0 radical (unpaired) electrons. The van der Waals surface area contributed by atoms with Crippen LogP contribution in [0.25, 0.3) is 0 Å². The fourth-order valence-corrected chi connectivity index (χ4v) is 3.23. The molecule has 138 valence electrons. The fraction of sp³-hybridized carbons (Fsp3) is 0.727. The normalized spacial score (nSPS) is 13.1. The number of hydrogen-bond donors (Lipinski definition) is 2. The van der Waals surface area contributed by atoms with Gasteiger partial charge in [0.15, 0.2) is 0 Å². The molecule has 0 saturated carbocycles. The van der Waals surface area contributed by atoms with E-state index in [9.17, 15) is 10.2 Å². The quantitative estimate of drug-likeness (QED) is 0.531. The van der Waals surface area contributed by atoms with Gasteiger partial charge in [0, 0.05) is 11.1 Å². The molecular weight excluding hydrogens is 296 g/mol. The van der Waals surface area contributed by atoms with Crippen LogP contribution in [0.4, 0.5) is 0 Å². The second-order valence-corrected chi connectivity index (χ2v) is 9.52. The van der Waals surface area contributed by atoms with Gasteiger partial charge in [0.25, 0.3) is 0 Å². The minimum Gasteiger partial charge on any atom is -0.508 e. The van der Waals surface area contributed by atoms with Gasteiger partial charge in [-0.3, -0.25) is 0 Å². The summed E-state index contributed by atoms with van der Waals surface area (Å²) in [6.45, 7) is 17.4. The van der Waals surface area contributed by atoms with Crippen LogP contribution >= 0.6 is 0 Å². The zero-order valence-electron chi connectivity index (χ0n) is 17.0. The third kappa shape index (κ3) is 5.43. The Hall–Kier alpha value is -1.18. The molecule has 1 aromatic rings. The van der Waals surface area contributed by atoms with Gasteiger partial charge in [-0.25, -0.2) is 0 Å². The van der Waals surface area contributed by atoms with Crippen LogP contribution in [0, 0.1) is 11.8 Å². The minimum atomic E-state index is -0.146. The van der Waals surface area contributed by atoms with E-state index < -0.39 is 0 Å². The lowest BCUT2D eigenvalue weighted by atomic mass is 9.74. The molecule has 2 N–H and O–H groups in total. The summed E-state index contributed by atoms with van der Waals surface area (Å²) in [6, 6.07) is 3.59. The topological polar surface area (TPSA) is 40.5 Å². The van der Waals surface area contributed by atoms with Gasteiger partial charge in [-0.1, -0.05) is 68.2 Å². The van der Waals surface area contributed by atoms with Crippen molar-refractivity contribution in [3.8, 4) is 11.5 Å². The van der Waals surface area contributed by atoms with E-state index in [1.54, 1.807) is 12.1 Å². The molecule has 2 nitrogen and oxygen atoms in total. The molecule has 0 aliphatic carbocycles. The van der Waals surface area contributed by atoms with Crippen LogP contribution in [-0.4, -0.2) is 10.2 Å². The van der Waals surface area contributed by atoms with Crippen molar-refractivity contribution >= 4 is 0 Å². The molecule has 0 saturated heterocycles. The van der Waals surface area contributed by atoms with Crippen molar-refractivity contribution in [3.05, 3.63) is 23.3 Å². The second kappa shape index (κ2) is 7.80. The zero-order chi connectivity index (χ0) is 18.7. The predicted molar refractivity (Wildman–Crippen MR) is 104 cm³/mol. The number of rotatable bonds is 8. The van der Waals surface area contributed by atoms with Crippen molar-refractivity contribution in [3.63, 3.8) is 0 Å². The van der Waals surface area contributed by atoms with Gasteiger partial charge in [0.2, 0.25) is 0 Å². The van der Waals surface area contributed by atoms with E-state index in [0.717, 1.165) is 36.8 Å². The summed E-state index contributed by atoms with van der Waals surface area (Å²) in [7, 11) is 0. The first-order chi connectivity index (χ1) is 10.9. The summed E-state index contributed by atoms with van der Waals surface area (Å²) in [5, 5.41) is 21.3. The Morgan fingerprint density at radius 3 is 1.25 bits per heavy atom. The molecule has 0 heterocycles. The van der Waals surface area contributed by atoms with E-state index in [-0.39, 0.29) is 10.8 Å². The Kier molecular flexibility index (Phi) is 6.78. The highest BCUT2D eigenvalue weighted by Gasteiger charge is 2.30. The van der Waals surface area contributed by atoms with E-state index in [4.69, 9.17) is 0 Å².